The van der Waals surface area contributed by atoms with Crippen LogP contribution in [-0.4, -0.2) is 48.6 Å². The van der Waals surface area contributed by atoms with Crippen LogP contribution in [0.4, 0.5) is 11.4 Å². The third-order valence-corrected chi connectivity index (χ3v) is 4.87. The first-order valence-electron chi connectivity index (χ1n) is 9.39. The van der Waals surface area contributed by atoms with E-state index in [1.54, 1.807) is 0 Å². The standard InChI is InChI=1S/C21H28N4O2/c22-14-17-13-19(4-5-21(17)23)24-18-6-8-25(9-7-18)15-16-2-1-3-20(12-16)27-11-10-26/h1-5,12-14,18,22,24,26H,6-11,15,23H2. The fourth-order valence-electron chi connectivity index (χ4n) is 3.42. The van der Waals surface area contributed by atoms with Crippen LogP contribution in [0, 0.1) is 5.41 Å². The number of aliphatic hydroxyl groups is 1. The second-order valence-corrected chi connectivity index (χ2v) is 6.90. The first-order chi connectivity index (χ1) is 13.2. The largest absolute Gasteiger partial charge is 0.491 e. The average Bonchev–Trinajstić information content (AvgIpc) is 2.69. The Morgan fingerprint density at radius 1 is 1.22 bits per heavy atom. The topological polar surface area (TPSA) is 94.6 Å². The van der Waals surface area contributed by atoms with Crippen molar-refractivity contribution in [1.82, 2.24) is 4.90 Å². The van der Waals surface area contributed by atoms with Gasteiger partial charge in [0.25, 0.3) is 0 Å². The lowest BCUT2D eigenvalue weighted by atomic mass is 10.0. The van der Waals surface area contributed by atoms with Crippen LogP contribution in [0.25, 0.3) is 0 Å². The maximum atomic E-state index is 8.87. The van der Waals surface area contributed by atoms with Gasteiger partial charge in [0.2, 0.25) is 0 Å². The van der Waals surface area contributed by atoms with Crippen LogP contribution in [0.1, 0.15) is 24.0 Å². The minimum absolute atomic E-state index is 0.0278. The van der Waals surface area contributed by atoms with E-state index in [1.807, 2.05) is 36.4 Å². The molecule has 0 aliphatic carbocycles. The molecule has 0 radical (unpaired) electrons. The van der Waals surface area contributed by atoms with Crippen molar-refractivity contribution in [2.75, 3.05) is 37.4 Å². The fraction of sp³-hybridized carbons (Fsp3) is 0.381. The van der Waals surface area contributed by atoms with Crippen molar-refractivity contribution in [3.63, 3.8) is 0 Å². The Morgan fingerprint density at radius 2 is 2.04 bits per heavy atom. The van der Waals surface area contributed by atoms with E-state index in [0.29, 0.717) is 18.3 Å². The first kappa shape index (κ1) is 19.2. The van der Waals surface area contributed by atoms with Gasteiger partial charge in [0.05, 0.1) is 6.61 Å². The summed E-state index contributed by atoms with van der Waals surface area (Å²) in [4.78, 5) is 2.45. The van der Waals surface area contributed by atoms with Crippen LogP contribution in [0.15, 0.2) is 42.5 Å². The molecule has 0 aromatic heterocycles. The number of rotatable bonds is 8. The Kier molecular flexibility index (Phi) is 6.68. The van der Waals surface area contributed by atoms with Crippen LogP contribution in [0.2, 0.25) is 0 Å². The Morgan fingerprint density at radius 3 is 2.78 bits per heavy atom. The molecule has 5 N–H and O–H groups in total. The summed E-state index contributed by atoms with van der Waals surface area (Å²) >= 11 is 0. The highest BCUT2D eigenvalue weighted by Gasteiger charge is 2.19. The van der Waals surface area contributed by atoms with Crippen molar-refractivity contribution >= 4 is 17.6 Å². The second-order valence-electron chi connectivity index (χ2n) is 6.90. The van der Waals surface area contributed by atoms with Gasteiger partial charge in [-0.2, -0.15) is 0 Å². The highest BCUT2D eigenvalue weighted by molar-refractivity contribution is 5.86. The van der Waals surface area contributed by atoms with E-state index < -0.39 is 0 Å². The molecule has 0 atom stereocenters. The molecule has 0 spiro atoms. The smallest absolute Gasteiger partial charge is 0.119 e. The van der Waals surface area contributed by atoms with Gasteiger partial charge in [-0.1, -0.05) is 12.1 Å². The molecule has 1 fully saturated rings. The molecule has 0 unspecified atom stereocenters. The number of aliphatic hydroxyl groups excluding tert-OH is 1. The molecule has 1 heterocycles. The van der Waals surface area contributed by atoms with Gasteiger partial charge in [0, 0.05) is 48.8 Å². The Bertz CT molecular complexity index is 758. The SMILES string of the molecule is N=Cc1cc(NC2CCN(Cc3cccc(OCCO)c3)CC2)ccc1N. The number of ether oxygens (including phenoxy) is 1. The number of benzene rings is 2. The van der Waals surface area contributed by atoms with Gasteiger partial charge in [-0.15, -0.1) is 0 Å². The van der Waals surface area contributed by atoms with Crippen molar-refractivity contribution in [3.05, 3.63) is 53.6 Å². The van der Waals surface area contributed by atoms with Gasteiger partial charge in [-0.3, -0.25) is 4.90 Å². The van der Waals surface area contributed by atoms with Crippen molar-refractivity contribution in [3.8, 4) is 5.75 Å². The molecule has 144 valence electrons. The number of nitrogen functional groups attached to an aromatic ring is 1. The lowest BCUT2D eigenvalue weighted by Gasteiger charge is -2.33. The van der Waals surface area contributed by atoms with Crippen molar-refractivity contribution in [1.29, 1.82) is 5.41 Å². The first-order valence-corrected chi connectivity index (χ1v) is 9.39. The lowest BCUT2D eigenvalue weighted by molar-refractivity contribution is 0.199. The molecule has 1 aliphatic rings. The van der Waals surface area contributed by atoms with Crippen LogP contribution < -0.4 is 15.8 Å². The van der Waals surface area contributed by atoms with Crippen LogP contribution in [0.5, 0.6) is 5.75 Å². The highest BCUT2D eigenvalue weighted by atomic mass is 16.5. The summed E-state index contributed by atoms with van der Waals surface area (Å²) in [5.41, 5.74) is 9.49. The average molecular weight is 368 g/mol. The lowest BCUT2D eigenvalue weighted by Crippen LogP contribution is -2.38. The Hall–Kier alpha value is -2.57. The molecule has 1 saturated heterocycles. The summed E-state index contributed by atoms with van der Waals surface area (Å²) in [7, 11) is 0. The van der Waals surface area contributed by atoms with E-state index in [4.69, 9.17) is 21.0 Å². The number of anilines is 2. The van der Waals surface area contributed by atoms with E-state index in [9.17, 15) is 0 Å². The maximum absolute atomic E-state index is 8.87. The zero-order valence-electron chi connectivity index (χ0n) is 15.5. The molecule has 2 aromatic rings. The quantitative estimate of drug-likeness (QED) is 0.425. The molecule has 3 rings (SSSR count). The van der Waals surface area contributed by atoms with Gasteiger partial charge in [0.1, 0.15) is 12.4 Å². The number of hydrogen-bond donors (Lipinski definition) is 4. The van der Waals surface area contributed by atoms with Gasteiger partial charge < -0.3 is 26.3 Å². The summed E-state index contributed by atoms with van der Waals surface area (Å²) in [6.45, 7) is 3.33. The predicted octanol–water partition coefficient (Wildman–Crippen LogP) is 2.71. The van der Waals surface area contributed by atoms with Crippen molar-refractivity contribution < 1.29 is 9.84 Å². The molecule has 27 heavy (non-hydrogen) atoms. The van der Waals surface area contributed by atoms with E-state index in [0.717, 1.165) is 49.5 Å². The molecule has 0 bridgehead atoms. The Labute approximate surface area is 160 Å². The van der Waals surface area contributed by atoms with Crippen LogP contribution >= 0.6 is 0 Å². The van der Waals surface area contributed by atoms with E-state index in [-0.39, 0.29) is 6.61 Å². The number of hydrogen-bond acceptors (Lipinski definition) is 6. The second kappa shape index (κ2) is 9.39. The molecule has 0 saturated carbocycles. The van der Waals surface area contributed by atoms with Crippen molar-refractivity contribution in [2.45, 2.75) is 25.4 Å². The highest BCUT2D eigenvalue weighted by Crippen LogP contribution is 2.22. The fourth-order valence-corrected chi connectivity index (χ4v) is 3.42. The maximum Gasteiger partial charge on any atom is 0.119 e. The van der Waals surface area contributed by atoms with E-state index >= 15 is 0 Å². The van der Waals surface area contributed by atoms with E-state index in [1.165, 1.54) is 11.8 Å². The predicted molar refractivity (Wildman–Crippen MR) is 110 cm³/mol. The van der Waals surface area contributed by atoms with Gasteiger partial charge in [0.15, 0.2) is 0 Å². The van der Waals surface area contributed by atoms with Crippen LogP contribution in [0.3, 0.4) is 0 Å². The minimum atomic E-state index is 0.0278. The normalized spacial score (nSPS) is 15.4. The number of nitrogens with one attached hydrogen (secondary N) is 2. The number of nitrogens with zero attached hydrogens (tertiary/aromatic N) is 1. The summed E-state index contributed by atoms with van der Waals surface area (Å²) in [6.07, 6.45) is 3.44. The van der Waals surface area contributed by atoms with Gasteiger partial charge in [-0.05, 0) is 48.7 Å². The number of piperidine rings is 1. The summed E-state index contributed by atoms with van der Waals surface area (Å²) < 4.78 is 5.49. The summed E-state index contributed by atoms with van der Waals surface area (Å²) in [5, 5.41) is 19.9. The Balaban J connectivity index is 1.49. The number of likely N-dealkylation sites (tertiary alicyclic amines) is 1. The molecule has 6 nitrogen and oxygen atoms in total. The monoisotopic (exact) mass is 368 g/mol. The summed E-state index contributed by atoms with van der Waals surface area (Å²) in [5.74, 6) is 0.809. The molecule has 6 heteroatoms. The zero-order chi connectivity index (χ0) is 19.1. The third kappa shape index (κ3) is 5.45. The van der Waals surface area contributed by atoms with Crippen LogP contribution in [-0.2, 0) is 6.54 Å². The van der Waals surface area contributed by atoms with Crippen molar-refractivity contribution in [2.24, 2.45) is 0 Å². The molecule has 0 amide bonds. The molecular formula is C21H28N4O2. The van der Waals surface area contributed by atoms with Gasteiger partial charge in [-0.25, -0.2) is 0 Å². The van der Waals surface area contributed by atoms with Gasteiger partial charge >= 0.3 is 0 Å². The minimum Gasteiger partial charge on any atom is -0.491 e. The molecule has 1 aliphatic heterocycles. The zero-order valence-corrected chi connectivity index (χ0v) is 15.5. The summed E-state index contributed by atoms with van der Waals surface area (Å²) in [6, 6.07) is 14.3. The van der Waals surface area contributed by atoms with E-state index in [2.05, 4.69) is 16.3 Å². The molecule has 2 aromatic carbocycles. The molecular weight excluding hydrogens is 340 g/mol. The number of nitrogens with two attached hydrogens (primary N) is 1. The third-order valence-electron chi connectivity index (χ3n) is 4.87.